The second-order valence-corrected chi connectivity index (χ2v) is 4.47. The van der Waals surface area contributed by atoms with Crippen LogP contribution in [0.3, 0.4) is 0 Å². The topological polar surface area (TPSA) is 66.8 Å². The Morgan fingerprint density at radius 2 is 2.00 bits per heavy atom. The first kappa shape index (κ1) is 14.5. The molecule has 0 saturated heterocycles. The van der Waals surface area contributed by atoms with E-state index in [-0.39, 0.29) is 6.42 Å². The highest BCUT2D eigenvalue weighted by atomic mass is 16.6. The fourth-order valence-electron chi connectivity index (χ4n) is 1.04. The lowest BCUT2D eigenvalue weighted by molar-refractivity contribution is -0.142. The molecule has 5 nitrogen and oxygen atoms in total. The minimum atomic E-state index is -1.08. The van der Waals surface area contributed by atoms with Crippen LogP contribution < -0.4 is 0 Å². The molecule has 92 valence electrons. The summed E-state index contributed by atoms with van der Waals surface area (Å²) in [4.78, 5) is 23.6. The van der Waals surface area contributed by atoms with Crippen molar-refractivity contribution < 1.29 is 19.4 Å². The molecule has 0 aliphatic rings. The van der Waals surface area contributed by atoms with Gasteiger partial charge in [0.15, 0.2) is 0 Å². The van der Waals surface area contributed by atoms with Crippen LogP contribution in [-0.2, 0) is 9.53 Å². The second-order valence-electron chi connectivity index (χ2n) is 4.47. The Morgan fingerprint density at radius 1 is 1.50 bits per heavy atom. The molecular formula is C11H19NO4. The number of hydrogen-bond acceptors (Lipinski definition) is 3. The molecular weight excluding hydrogens is 210 g/mol. The largest absolute Gasteiger partial charge is 0.480 e. The number of likely N-dealkylation sites (N-methyl/N-ethyl adjacent to an activating group) is 1. The number of hydrogen-bond donors (Lipinski definition) is 1. The quantitative estimate of drug-likeness (QED) is 0.747. The molecule has 0 radical (unpaired) electrons. The molecule has 1 amide bonds. The van der Waals surface area contributed by atoms with Crippen LogP contribution in [0.25, 0.3) is 0 Å². The number of ether oxygens (including phenoxy) is 1. The fourth-order valence-corrected chi connectivity index (χ4v) is 1.04. The van der Waals surface area contributed by atoms with Gasteiger partial charge < -0.3 is 9.84 Å². The molecule has 0 fully saturated rings. The number of aliphatic carboxylic acids is 1. The normalized spacial score (nSPS) is 12.8. The zero-order valence-corrected chi connectivity index (χ0v) is 10.2. The van der Waals surface area contributed by atoms with Crippen LogP contribution in [0.2, 0.25) is 0 Å². The van der Waals surface area contributed by atoms with Gasteiger partial charge in [-0.15, -0.1) is 6.58 Å². The smallest absolute Gasteiger partial charge is 0.410 e. The van der Waals surface area contributed by atoms with Crippen LogP contribution >= 0.6 is 0 Å². The number of rotatable bonds is 4. The third-order valence-electron chi connectivity index (χ3n) is 1.82. The van der Waals surface area contributed by atoms with E-state index in [1.165, 1.54) is 13.1 Å². The number of nitrogens with zero attached hydrogens (tertiary/aromatic N) is 1. The SMILES string of the molecule is C=CC[C@H](C(=O)O)N(C)C(=O)OC(C)(C)C. The standard InChI is InChI=1S/C11H19NO4/c1-6-7-8(9(13)14)12(5)10(15)16-11(2,3)4/h6,8H,1,7H2,2-5H3,(H,13,14)/t8-/m1/s1. The van der Waals surface area contributed by atoms with Crippen molar-refractivity contribution in [3.63, 3.8) is 0 Å². The third kappa shape index (κ3) is 4.82. The molecule has 0 saturated carbocycles. The minimum absolute atomic E-state index is 0.186. The summed E-state index contributed by atoms with van der Waals surface area (Å²) in [6.07, 6.45) is 0.992. The molecule has 0 spiro atoms. The molecule has 16 heavy (non-hydrogen) atoms. The highest BCUT2D eigenvalue weighted by Crippen LogP contribution is 2.12. The predicted octanol–water partition coefficient (Wildman–Crippen LogP) is 1.88. The number of carbonyl (C=O) groups is 2. The molecule has 0 aliphatic carbocycles. The Hall–Kier alpha value is -1.52. The molecule has 0 heterocycles. The lowest BCUT2D eigenvalue weighted by Gasteiger charge is -2.27. The molecule has 1 N–H and O–H groups in total. The maximum absolute atomic E-state index is 11.6. The Morgan fingerprint density at radius 3 is 2.31 bits per heavy atom. The van der Waals surface area contributed by atoms with Crippen molar-refractivity contribution in [1.29, 1.82) is 0 Å². The number of amides is 1. The summed E-state index contributed by atoms with van der Waals surface area (Å²) in [5.41, 5.74) is -0.636. The van der Waals surface area contributed by atoms with Crippen LogP contribution in [0.1, 0.15) is 27.2 Å². The van der Waals surface area contributed by atoms with Crippen molar-refractivity contribution in [2.24, 2.45) is 0 Å². The number of carboxylic acid groups (broad SMARTS) is 1. The van der Waals surface area contributed by atoms with Crippen LogP contribution in [-0.4, -0.2) is 40.8 Å². The van der Waals surface area contributed by atoms with Crippen LogP contribution in [0.15, 0.2) is 12.7 Å². The molecule has 0 aromatic carbocycles. The van der Waals surface area contributed by atoms with Gasteiger partial charge in [-0.05, 0) is 27.2 Å². The highest BCUT2D eigenvalue weighted by Gasteiger charge is 2.28. The van der Waals surface area contributed by atoms with E-state index in [2.05, 4.69) is 6.58 Å². The van der Waals surface area contributed by atoms with Crippen molar-refractivity contribution in [3.8, 4) is 0 Å². The maximum Gasteiger partial charge on any atom is 0.410 e. The lowest BCUT2D eigenvalue weighted by atomic mass is 10.2. The van der Waals surface area contributed by atoms with Gasteiger partial charge >= 0.3 is 12.1 Å². The molecule has 5 heteroatoms. The Kier molecular flexibility index (Phi) is 5.01. The molecule has 1 atom stereocenters. The van der Waals surface area contributed by atoms with Gasteiger partial charge in [0.05, 0.1) is 0 Å². The Labute approximate surface area is 95.7 Å². The van der Waals surface area contributed by atoms with Gasteiger partial charge in [0, 0.05) is 7.05 Å². The van der Waals surface area contributed by atoms with Crippen LogP contribution in [0, 0.1) is 0 Å². The van der Waals surface area contributed by atoms with Gasteiger partial charge in [0.1, 0.15) is 11.6 Å². The van der Waals surface area contributed by atoms with Crippen molar-refractivity contribution in [1.82, 2.24) is 4.90 Å². The first-order chi connectivity index (χ1) is 7.19. The van der Waals surface area contributed by atoms with E-state index in [1.54, 1.807) is 20.8 Å². The van der Waals surface area contributed by atoms with E-state index < -0.39 is 23.7 Å². The van der Waals surface area contributed by atoms with E-state index in [9.17, 15) is 9.59 Å². The average molecular weight is 229 g/mol. The molecule has 0 bridgehead atoms. The lowest BCUT2D eigenvalue weighted by Crippen LogP contribution is -2.44. The van der Waals surface area contributed by atoms with Gasteiger partial charge in [-0.1, -0.05) is 6.08 Å². The van der Waals surface area contributed by atoms with Gasteiger partial charge in [0.2, 0.25) is 0 Å². The second kappa shape index (κ2) is 5.53. The van der Waals surface area contributed by atoms with Gasteiger partial charge in [-0.25, -0.2) is 9.59 Å². The minimum Gasteiger partial charge on any atom is -0.480 e. The first-order valence-electron chi connectivity index (χ1n) is 4.98. The predicted molar refractivity (Wildman–Crippen MR) is 60.2 cm³/mol. The number of carbonyl (C=O) groups excluding carboxylic acids is 1. The monoisotopic (exact) mass is 229 g/mol. The van der Waals surface area contributed by atoms with Crippen molar-refractivity contribution in [2.45, 2.75) is 38.8 Å². The van der Waals surface area contributed by atoms with Gasteiger partial charge in [0.25, 0.3) is 0 Å². The van der Waals surface area contributed by atoms with Crippen molar-refractivity contribution in [3.05, 3.63) is 12.7 Å². The first-order valence-corrected chi connectivity index (χ1v) is 4.98. The molecule has 0 rings (SSSR count). The average Bonchev–Trinajstić information content (AvgIpc) is 2.09. The van der Waals surface area contributed by atoms with E-state index in [0.29, 0.717) is 0 Å². The van der Waals surface area contributed by atoms with E-state index in [1.807, 2.05) is 0 Å². The van der Waals surface area contributed by atoms with E-state index >= 15 is 0 Å². The maximum atomic E-state index is 11.6. The highest BCUT2D eigenvalue weighted by molar-refractivity contribution is 5.80. The summed E-state index contributed by atoms with van der Waals surface area (Å²) in [5.74, 6) is -1.08. The fraction of sp³-hybridized carbons (Fsp3) is 0.636. The molecule has 0 aromatic rings. The molecule has 0 aliphatic heterocycles. The van der Waals surface area contributed by atoms with Gasteiger partial charge in [-0.3, -0.25) is 4.90 Å². The summed E-state index contributed by atoms with van der Waals surface area (Å²) in [6.45, 7) is 8.63. The van der Waals surface area contributed by atoms with Crippen molar-refractivity contribution in [2.75, 3.05) is 7.05 Å². The summed E-state index contributed by atoms with van der Waals surface area (Å²) < 4.78 is 5.07. The van der Waals surface area contributed by atoms with E-state index in [0.717, 1.165) is 4.90 Å². The van der Waals surface area contributed by atoms with Crippen LogP contribution in [0.4, 0.5) is 4.79 Å². The molecule has 0 unspecified atom stereocenters. The third-order valence-corrected chi connectivity index (χ3v) is 1.82. The molecule has 0 aromatic heterocycles. The van der Waals surface area contributed by atoms with E-state index in [4.69, 9.17) is 9.84 Å². The van der Waals surface area contributed by atoms with Gasteiger partial charge in [-0.2, -0.15) is 0 Å². The summed E-state index contributed by atoms with van der Waals surface area (Å²) in [6, 6.07) is -0.938. The summed E-state index contributed by atoms with van der Waals surface area (Å²) >= 11 is 0. The Balaban J connectivity index is 4.61. The van der Waals surface area contributed by atoms with Crippen LogP contribution in [0.5, 0.6) is 0 Å². The summed E-state index contributed by atoms with van der Waals surface area (Å²) in [5, 5.41) is 8.92. The Bertz CT molecular complexity index is 280. The zero-order chi connectivity index (χ0) is 12.9. The van der Waals surface area contributed by atoms with Crippen molar-refractivity contribution >= 4 is 12.1 Å². The summed E-state index contributed by atoms with van der Waals surface area (Å²) in [7, 11) is 1.40. The zero-order valence-electron chi connectivity index (χ0n) is 10.2. The number of carboxylic acids is 1.